The molecule has 0 unspecified atom stereocenters. The Hall–Kier alpha value is -3.22. The highest BCUT2D eigenvalue weighted by molar-refractivity contribution is 6.08. The molecule has 0 bridgehead atoms. The molecule has 1 aromatic carbocycles. The van der Waals surface area contributed by atoms with Gasteiger partial charge in [0.25, 0.3) is 11.8 Å². The molecule has 1 aliphatic rings. The van der Waals surface area contributed by atoms with Crippen LogP contribution in [0.15, 0.2) is 36.8 Å². The van der Waals surface area contributed by atoms with Crippen LogP contribution in [0.4, 0.5) is 5.69 Å². The summed E-state index contributed by atoms with van der Waals surface area (Å²) in [7, 11) is 0. The second-order valence-corrected chi connectivity index (χ2v) is 5.89. The van der Waals surface area contributed by atoms with Crippen LogP contribution in [-0.2, 0) is 4.79 Å². The minimum absolute atomic E-state index is 0.243. The summed E-state index contributed by atoms with van der Waals surface area (Å²) in [5.41, 5.74) is 4.23. The smallest absolute Gasteiger partial charge is 0.257 e. The molecule has 0 saturated carbocycles. The Bertz CT molecular complexity index is 992. The molecular weight excluding hydrogens is 306 g/mol. The first-order valence-electron chi connectivity index (χ1n) is 7.56. The Morgan fingerprint density at radius 3 is 2.96 bits per heavy atom. The van der Waals surface area contributed by atoms with Crippen molar-refractivity contribution in [3.05, 3.63) is 59.0 Å². The molecule has 7 nitrogen and oxygen atoms in total. The maximum atomic E-state index is 12.6. The van der Waals surface area contributed by atoms with Crippen molar-refractivity contribution in [1.29, 1.82) is 0 Å². The van der Waals surface area contributed by atoms with Gasteiger partial charge in [-0.1, -0.05) is 12.1 Å². The molecular formula is C17H15N5O2. The first-order chi connectivity index (χ1) is 11.5. The molecule has 0 radical (unpaired) electrons. The van der Waals surface area contributed by atoms with Gasteiger partial charge in [-0.25, -0.2) is 9.50 Å². The molecule has 3 aromatic rings. The number of hydrogen-bond donors (Lipinski definition) is 2. The van der Waals surface area contributed by atoms with E-state index < -0.39 is 6.04 Å². The van der Waals surface area contributed by atoms with E-state index in [9.17, 15) is 9.59 Å². The summed E-state index contributed by atoms with van der Waals surface area (Å²) in [6.07, 6.45) is 4.93. The zero-order chi connectivity index (χ0) is 16.8. The fourth-order valence-electron chi connectivity index (χ4n) is 2.98. The lowest BCUT2D eigenvalue weighted by Crippen LogP contribution is -2.33. The van der Waals surface area contributed by atoms with Crippen LogP contribution >= 0.6 is 0 Å². The van der Waals surface area contributed by atoms with Gasteiger partial charge in [0.05, 0.1) is 6.20 Å². The van der Waals surface area contributed by atoms with E-state index >= 15 is 0 Å². The molecule has 4 rings (SSSR count). The van der Waals surface area contributed by atoms with Crippen LogP contribution < -0.4 is 10.6 Å². The van der Waals surface area contributed by atoms with Crippen molar-refractivity contribution >= 4 is 23.1 Å². The molecule has 0 fully saturated rings. The number of nitrogens with zero attached hydrogens (tertiary/aromatic N) is 3. The normalized spacial score (nSPS) is 16.1. The van der Waals surface area contributed by atoms with Crippen LogP contribution in [0.25, 0.3) is 5.65 Å². The van der Waals surface area contributed by atoms with Gasteiger partial charge in [-0.3, -0.25) is 9.59 Å². The number of aryl methyl sites for hydroxylation is 2. The number of carbonyl (C=O) groups is 2. The van der Waals surface area contributed by atoms with E-state index in [0.29, 0.717) is 11.2 Å². The predicted molar refractivity (Wildman–Crippen MR) is 87.7 cm³/mol. The fourth-order valence-corrected chi connectivity index (χ4v) is 2.98. The number of benzene rings is 1. The summed E-state index contributed by atoms with van der Waals surface area (Å²) in [5, 5.41) is 9.73. The average Bonchev–Trinajstić information content (AvgIpc) is 3.09. The SMILES string of the molecule is Cc1cnc2c(C(=O)N[C@@H]3C(=O)Nc4cccc(C)c43)cnn2c1. The number of anilines is 1. The highest BCUT2D eigenvalue weighted by Crippen LogP contribution is 2.33. The third-order valence-electron chi connectivity index (χ3n) is 4.14. The van der Waals surface area contributed by atoms with Crippen molar-refractivity contribution in [2.24, 2.45) is 0 Å². The third-order valence-corrected chi connectivity index (χ3v) is 4.14. The molecule has 2 aromatic heterocycles. The van der Waals surface area contributed by atoms with Gasteiger partial charge in [0.1, 0.15) is 11.6 Å². The van der Waals surface area contributed by atoms with Crippen LogP contribution in [0.1, 0.15) is 33.1 Å². The highest BCUT2D eigenvalue weighted by atomic mass is 16.2. The summed E-state index contributed by atoms with van der Waals surface area (Å²) < 4.78 is 1.55. The van der Waals surface area contributed by atoms with E-state index in [2.05, 4.69) is 20.7 Å². The van der Waals surface area contributed by atoms with Crippen molar-refractivity contribution in [2.45, 2.75) is 19.9 Å². The van der Waals surface area contributed by atoms with Crippen molar-refractivity contribution in [2.75, 3.05) is 5.32 Å². The number of rotatable bonds is 2. The lowest BCUT2D eigenvalue weighted by atomic mass is 10.0. The van der Waals surface area contributed by atoms with E-state index in [0.717, 1.165) is 22.4 Å². The zero-order valence-corrected chi connectivity index (χ0v) is 13.2. The van der Waals surface area contributed by atoms with E-state index in [1.807, 2.05) is 32.0 Å². The van der Waals surface area contributed by atoms with Crippen LogP contribution in [0.3, 0.4) is 0 Å². The molecule has 24 heavy (non-hydrogen) atoms. The van der Waals surface area contributed by atoms with Gasteiger partial charge in [-0.2, -0.15) is 5.10 Å². The number of aromatic nitrogens is 3. The largest absolute Gasteiger partial charge is 0.336 e. The number of amides is 2. The van der Waals surface area contributed by atoms with Gasteiger partial charge in [0.2, 0.25) is 0 Å². The molecule has 2 N–H and O–H groups in total. The lowest BCUT2D eigenvalue weighted by Gasteiger charge is -2.12. The molecule has 0 aliphatic carbocycles. The predicted octanol–water partition coefficient (Wildman–Crippen LogP) is 1.77. The maximum absolute atomic E-state index is 12.6. The number of carbonyl (C=O) groups excluding carboxylic acids is 2. The molecule has 1 atom stereocenters. The number of hydrogen-bond acceptors (Lipinski definition) is 4. The Morgan fingerprint density at radius 1 is 1.29 bits per heavy atom. The van der Waals surface area contributed by atoms with E-state index in [4.69, 9.17) is 0 Å². The molecule has 1 aliphatic heterocycles. The van der Waals surface area contributed by atoms with Gasteiger partial charge in [-0.05, 0) is 31.0 Å². The Morgan fingerprint density at radius 2 is 2.12 bits per heavy atom. The van der Waals surface area contributed by atoms with Gasteiger partial charge < -0.3 is 10.6 Å². The van der Waals surface area contributed by atoms with E-state index in [-0.39, 0.29) is 11.8 Å². The second kappa shape index (κ2) is 5.16. The van der Waals surface area contributed by atoms with Crippen LogP contribution in [0, 0.1) is 13.8 Å². The van der Waals surface area contributed by atoms with Crippen molar-refractivity contribution in [3.8, 4) is 0 Å². The van der Waals surface area contributed by atoms with Gasteiger partial charge in [0, 0.05) is 23.6 Å². The summed E-state index contributed by atoms with van der Waals surface area (Å²) in [4.78, 5) is 29.1. The molecule has 2 amide bonds. The summed E-state index contributed by atoms with van der Waals surface area (Å²) >= 11 is 0. The van der Waals surface area contributed by atoms with Crippen LogP contribution in [0.5, 0.6) is 0 Å². The van der Waals surface area contributed by atoms with E-state index in [1.165, 1.54) is 6.20 Å². The van der Waals surface area contributed by atoms with Crippen LogP contribution in [-0.4, -0.2) is 26.4 Å². The summed E-state index contributed by atoms with van der Waals surface area (Å²) in [5.74, 6) is -0.620. The Kier molecular flexibility index (Phi) is 3.09. The Labute approximate surface area is 137 Å². The van der Waals surface area contributed by atoms with Gasteiger partial charge in [-0.15, -0.1) is 0 Å². The molecule has 0 saturated heterocycles. The summed E-state index contributed by atoms with van der Waals surface area (Å²) in [6.45, 7) is 3.81. The van der Waals surface area contributed by atoms with E-state index in [1.54, 1.807) is 16.9 Å². The molecule has 3 heterocycles. The first kappa shape index (κ1) is 14.4. The average molecular weight is 321 g/mol. The lowest BCUT2D eigenvalue weighted by molar-refractivity contribution is -0.117. The molecule has 120 valence electrons. The molecule has 7 heteroatoms. The third kappa shape index (κ3) is 2.13. The van der Waals surface area contributed by atoms with Gasteiger partial charge in [0.15, 0.2) is 5.65 Å². The second-order valence-electron chi connectivity index (χ2n) is 5.89. The highest BCUT2D eigenvalue weighted by Gasteiger charge is 2.33. The maximum Gasteiger partial charge on any atom is 0.257 e. The topological polar surface area (TPSA) is 88.4 Å². The standard InChI is InChI=1S/C17H15N5O2/c1-9-6-18-15-11(7-19-22(15)8-9)16(23)21-14-13-10(2)4-3-5-12(13)20-17(14)24/h3-8,14H,1-2H3,(H,20,24)(H,21,23)/t14-/m0/s1. The minimum Gasteiger partial charge on any atom is -0.336 e. The monoisotopic (exact) mass is 321 g/mol. The Balaban J connectivity index is 1.68. The van der Waals surface area contributed by atoms with Crippen molar-refractivity contribution < 1.29 is 9.59 Å². The number of nitrogens with one attached hydrogen (secondary N) is 2. The number of fused-ring (bicyclic) bond motifs is 2. The zero-order valence-electron chi connectivity index (χ0n) is 13.2. The van der Waals surface area contributed by atoms with Crippen molar-refractivity contribution in [3.63, 3.8) is 0 Å². The first-order valence-corrected chi connectivity index (χ1v) is 7.56. The van der Waals surface area contributed by atoms with Crippen molar-refractivity contribution in [1.82, 2.24) is 19.9 Å². The van der Waals surface area contributed by atoms with Crippen LogP contribution in [0.2, 0.25) is 0 Å². The molecule has 0 spiro atoms. The fraction of sp³-hybridized carbons (Fsp3) is 0.176. The summed E-state index contributed by atoms with van der Waals surface area (Å²) in [6, 6.07) is 4.90. The van der Waals surface area contributed by atoms with Gasteiger partial charge >= 0.3 is 0 Å². The minimum atomic E-state index is -0.714. The quantitative estimate of drug-likeness (QED) is 0.753.